The molecule has 5 heteroatoms. The van der Waals surface area contributed by atoms with Gasteiger partial charge >= 0.3 is 0 Å². The van der Waals surface area contributed by atoms with E-state index >= 15 is 0 Å². The second-order valence-corrected chi connectivity index (χ2v) is 5.20. The zero-order valence-electron chi connectivity index (χ0n) is 12.4. The molecular formula is C16H19FN4. The van der Waals surface area contributed by atoms with Crippen molar-refractivity contribution in [3.05, 3.63) is 41.5 Å². The molecule has 1 N–H and O–H groups in total. The number of fused-ring (bicyclic) bond motifs is 1. The maximum atomic E-state index is 13.6. The first-order valence-corrected chi connectivity index (χ1v) is 7.32. The maximum absolute atomic E-state index is 13.6. The van der Waals surface area contributed by atoms with Crippen LogP contribution in [-0.4, -0.2) is 23.6 Å². The van der Waals surface area contributed by atoms with Gasteiger partial charge in [-0.15, -0.1) is 0 Å². The maximum Gasteiger partial charge on any atom is 0.141 e. The van der Waals surface area contributed by atoms with Gasteiger partial charge in [0.15, 0.2) is 0 Å². The number of hydrogen-bond acceptors (Lipinski definition) is 4. The summed E-state index contributed by atoms with van der Waals surface area (Å²) in [7, 11) is 1.86. The Morgan fingerprint density at radius 2 is 2.19 bits per heavy atom. The highest BCUT2D eigenvalue weighted by atomic mass is 19.1. The molecule has 2 heterocycles. The van der Waals surface area contributed by atoms with E-state index in [0.717, 1.165) is 48.7 Å². The van der Waals surface area contributed by atoms with E-state index in [0.29, 0.717) is 0 Å². The molecule has 21 heavy (non-hydrogen) atoms. The SMILES string of the molecule is CCCc1c(NC)ncnc1N1CCc2ccc(F)cc21. The third-order valence-corrected chi connectivity index (χ3v) is 3.86. The fourth-order valence-corrected chi connectivity index (χ4v) is 2.90. The van der Waals surface area contributed by atoms with Crippen molar-refractivity contribution in [1.29, 1.82) is 0 Å². The lowest BCUT2D eigenvalue weighted by Crippen LogP contribution is -2.18. The van der Waals surface area contributed by atoms with Crippen LogP contribution in [0.3, 0.4) is 0 Å². The third kappa shape index (κ3) is 2.44. The summed E-state index contributed by atoms with van der Waals surface area (Å²) in [6.07, 6.45) is 4.39. The Kier molecular flexibility index (Phi) is 3.73. The van der Waals surface area contributed by atoms with E-state index < -0.39 is 0 Å². The molecule has 0 spiro atoms. The van der Waals surface area contributed by atoms with Crippen molar-refractivity contribution in [3.8, 4) is 0 Å². The topological polar surface area (TPSA) is 41.1 Å². The molecule has 4 nitrogen and oxygen atoms in total. The van der Waals surface area contributed by atoms with Gasteiger partial charge in [0.1, 0.15) is 23.8 Å². The third-order valence-electron chi connectivity index (χ3n) is 3.86. The van der Waals surface area contributed by atoms with Crippen LogP contribution < -0.4 is 10.2 Å². The van der Waals surface area contributed by atoms with Crippen LogP contribution in [0.25, 0.3) is 0 Å². The van der Waals surface area contributed by atoms with Gasteiger partial charge in [0, 0.05) is 24.8 Å². The average molecular weight is 286 g/mol. The summed E-state index contributed by atoms with van der Waals surface area (Å²) in [6, 6.07) is 4.98. The molecule has 3 rings (SSSR count). The quantitative estimate of drug-likeness (QED) is 0.936. The van der Waals surface area contributed by atoms with Gasteiger partial charge in [-0.3, -0.25) is 0 Å². The molecule has 0 saturated heterocycles. The molecule has 2 aromatic rings. The monoisotopic (exact) mass is 286 g/mol. The Morgan fingerprint density at radius 3 is 2.95 bits per heavy atom. The van der Waals surface area contributed by atoms with Crippen molar-refractivity contribution >= 4 is 17.3 Å². The van der Waals surface area contributed by atoms with E-state index in [1.165, 1.54) is 11.6 Å². The molecule has 1 aromatic heterocycles. The molecule has 1 aliphatic rings. The first-order valence-electron chi connectivity index (χ1n) is 7.32. The van der Waals surface area contributed by atoms with Gasteiger partial charge < -0.3 is 10.2 Å². The van der Waals surface area contributed by atoms with Crippen molar-refractivity contribution in [2.75, 3.05) is 23.8 Å². The molecule has 1 aliphatic heterocycles. The number of aromatic nitrogens is 2. The van der Waals surface area contributed by atoms with Gasteiger partial charge in [0.25, 0.3) is 0 Å². The standard InChI is InChI=1S/C16H19FN4/c1-3-4-13-15(18-2)19-10-20-16(13)21-8-7-11-5-6-12(17)9-14(11)21/h5-6,9-10H,3-4,7-8H2,1-2H3,(H,18,19,20). The summed E-state index contributed by atoms with van der Waals surface area (Å²) in [4.78, 5) is 10.9. The van der Waals surface area contributed by atoms with E-state index in [9.17, 15) is 4.39 Å². The number of hydrogen-bond donors (Lipinski definition) is 1. The van der Waals surface area contributed by atoms with Crippen LogP contribution in [0, 0.1) is 5.82 Å². The lowest BCUT2D eigenvalue weighted by Gasteiger charge is -2.22. The number of rotatable bonds is 4. The minimum Gasteiger partial charge on any atom is -0.373 e. The molecule has 0 fully saturated rings. The number of nitrogens with zero attached hydrogens (tertiary/aromatic N) is 3. The van der Waals surface area contributed by atoms with E-state index in [4.69, 9.17) is 0 Å². The molecule has 0 bridgehead atoms. The summed E-state index contributed by atoms with van der Waals surface area (Å²) in [5.74, 6) is 1.54. The Labute approximate surface area is 124 Å². The smallest absolute Gasteiger partial charge is 0.141 e. The van der Waals surface area contributed by atoms with Gasteiger partial charge in [0.05, 0.1) is 0 Å². The number of nitrogens with one attached hydrogen (secondary N) is 1. The van der Waals surface area contributed by atoms with Gasteiger partial charge in [-0.25, -0.2) is 14.4 Å². The summed E-state index contributed by atoms with van der Waals surface area (Å²) < 4.78 is 13.6. The minimum absolute atomic E-state index is 0.208. The molecule has 0 aliphatic carbocycles. The van der Waals surface area contributed by atoms with Crippen LogP contribution in [0.2, 0.25) is 0 Å². The number of halogens is 1. The van der Waals surface area contributed by atoms with E-state index in [2.05, 4.69) is 27.1 Å². The Morgan fingerprint density at radius 1 is 1.33 bits per heavy atom. The van der Waals surface area contributed by atoms with Crippen molar-refractivity contribution in [2.24, 2.45) is 0 Å². The van der Waals surface area contributed by atoms with Crippen LogP contribution in [0.4, 0.5) is 21.7 Å². The Hall–Kier alpha value is -2.17. The van der Waals surface area contributed by atoms with Crippen molar-refractivity contribution < 1.29 is 4.39 Å². The van der Waals surface area contributed by atoms with Gasteiger partial charge in [-0.05, 0) is 30.5 Å². The van der Waals surface area contributed by atoms with Crippen LogP contribution in [0.1, 0.15) is 24.5 Å². The normalized spacial score (nSPS) is 13.4. The van der Waals surface area contributed by atoms with Crippen LogP contribution in [-0.2, 0) is 12.8 Å². The molecule has 0 radical (unpaired) electrons. The predicted octanol–water partition coefficient (Wildman–Crippen LogP) is 3.30. The van der Waals surface area contributed by atoms with Crippen molar-refractivity contribution in [1.82, 2.24) is 9.97 Å². The molecule has 1 aromatic carbocycles. The second-order valence-electron chi connectivity index (χ2n) is 5.20. The van der Waals surface area contributed by atoms with E-state index in [1.807, 2.05) is 13.1 Å². The van der Waals surface area contributed by atoms with Gasteiger partial charge in [-0.2, -0.15) is 0 Å². The highest BCUT2D eigenvalue weighted by Crippen LogP contribution is 2.37. The second kappa shape index (κ2) is 5.68. The van der Waals surface area contributed by atoms with Crippen molar-refractivity contribution in [3.63, 3.8) is 0 Å². The summed E-state index contributed by atoms with van der Waals surface area (Å²) in [5.41, 5.74) is 3.19. The lowest BCUT2D eigenvalue weighted by atomic mass is 10.1. The van der Waals surface area contributed by atoms with E-state index in [-0.39, 0.29) is 5.82 Å². The minimum atomic E-state index is -0.208. The molecule has 0 atom stereocenters. The zero-order chi connectivity index (χ0) is 14.8. The Balaban J connectivity index is 2.08. The largest absolute Gasteiger partial charge is 0.373 e. The van der Waals surface area contributed by atoms with Crippen LogP contribution >= 0.6 is 0 Å². The molecule has 0 unspecified atom stereocenters. The average Bonchev–Trinajstić information content (AvgIpc) is 2.90. The highest BCUT2D eigenvalue weighted by Gasteiger charge is 2.25. The van der Waals surface area contributed by atoms with Crippen LogP contribution in [0.5, 0.6) is 0 Å². The molecular weight excluding hydrogens is 267 g/mol. The summed E-state index contributed by atoms with van der Waals surface area (Å²) in [5, 5.41) is 3.13. The lowest BCUT2D eigenvalue weighted by molar-refractivity contribution is 0.628. The van der Waals surface area contributed by atoms with E-state index in [1.54, 1.807) is 12.4 Å². The fraction of sp³-hybridized carbons (Fsp3) is 0.375. The number of benzene rings is 1. The first kappa shape index (κ1) is 13.8. The van der Waals surface area contributed by atoms with Gasteiger partial charge in [0.2, 0.25) is 0 Å². The first-order chi connectivity index (χ1) is 10.2. The van der Waals surface area contributed by atoms with Gasteiger partial charge in [-0.1, -0.05) is 19.4 Å². The molecule has 0 saturated carbocycles. The summed E-state index contributed by atoms with van der Waals surface area (Å²) >= 11 is 0. The summed E-state index contributed by atoms with van der Waals surface area (Å²) in [6.45, 7) is 2.96. The predicted molar refractivity (Wildman–Crippen MR) is 82.7 cm³/mol. The Bertz CT molecular complexity index is 657. The zero-order valence-corrected chi connectivity index (χ0v) is 12.4. The highest BCUT2D eigenvalue weighted by molar-refractivity contribution is 5.72. The molecule has 110 valence electrons. The fourth-order valence-electron chi connectivity index (χ4n) is 2.90. The number of anilines is 3. The van der Waals surface area contributed by atoms with Crippen molar-refractivity contribution in [2.45, 2.75) is 26.2 Å². The molecule has 0 amide bonds. The van der Waals surface area contributed by atoms with Crippen LogP contribution in [0.15, 0.2) is 24.5 Å².